The van der Waals surface area contributed by atoms with Gasteiger partial charge in [-0.3, -0.25) is 0 Å². The van der Waals surface area contributed by atoms with Gasteiger partial charge in [0.05, 0.1) is 12.0 Å². The third-order valence-electron chi connectivity index (χ3n) is 3.54. The minimum absolute atomic E-state index is 0.0171. The fraction of sp³-hybridized carbons (Fsp3) is 0.533. The van der Waals surface area contributed by atoms with Gasteiger partial charge >= 0.3 is 0 Å². The first-order valence-corrected chi connectivity index (χ1v) is 6.91. The van der Waals surface area contributed by atoms with Crippen LogP contribution in [0.4, 0.5) is 0 Å². The van der Waals surface area contributed by atoms with Gasteiger partial charge in [-0.05, 0) is 49.9 Å². The van der Waals surface area contributed by atoms with E-state index in [2.05, 4.69) is 6.07 Å². The summed E-state index contributed by atoms with van der Waals surface area (Å²) < 4.78 is 5.99. The van der Waals surface area contributed by atoms with Crippen LogP contribution < -0.4 is 4.74 Å². The Hall–Kier alpha value is -1.20. The van der Waals surface area contributed by atoms with E-state index in [0.29, 0.717) is 0 Å². The van der Waals surface area contributed by atoms with Crippen LogP contribution in [0, 0.1) is 24.2 Å². The first-order chi connectivity index (χ1) is 8.70. The summed E-state index contributed by atoms with van der Waals surface area (Å²) in [5.41, 5.74) is 1.01. The third kappa shape index (κ3) is 3.17. The summed E-state index contributed by atoms with van der Waals surface area (Å²) >= 11 is 6.00. The first kappa shape index (κ1) is 13.2. The number of aryl methyl sites for hydroxylation is 1. The van der Waals surface area contributed by atoms with Gasteiger partial charge in [0.25, 0.3) is 0 Å². The van der Waals surface area contributed by atoms with Crippen LogP contribution in [0.1, 0.15) is 37.7 Å². The molecule has 18 heavy (non-hydrogen) atoms. The number of nitrogens with zero attached hydrogens (tertiary/aromatic N) is 1. The summed E-state index contributed by atoms with van der Waals surface area (Å²) in [5.74, 6) is 0.840. The van der Waals surface area contributed by atoms with E-state index < -0.39 is 0 Å². The standard InChI is InChI=1S/C15H18ClNO/c1-11-9-13(7-8-14(11)16)18-15-6-4-2-3-5-12(15)10-17/h7-9,12,15H,2-6H2,1H3. The molecular weight excluding hydrogens is 246 g/mol. The lowest BCUT2D eigenvalue weighted by molar-refractivity contribution is 0.152. The lowest BCUT2D eigenvalue weighted by Gasteiger charge is -2.21. The molecule has 0 radical (unpaired) electrons. The second-order valence-corrected chi connectivity index (χ2v) is 5.35. The zero-order valence-corrected chi connectivity index (χ0v) is 11.4. The lowest BCUT2D eigenvalue weighted by Crippen LogP contribution is -2.24. The predicted octanol–water partition coefficient (Wildman–Crippen LogP) is 4.50. The number of halogens is 1. The van der Waals surface area contributed by atoms with E-state index >= 15 is 0 Å². The Morgan fingerprint density at radius 2 is 2.06 bits per heavy atom. The summed E-state index contributed by atoms with van der Waals surface area (Å²) in [7, 11) is 0. The van der Waals surface area contributed by atoms with Crippen molar-refractivity contribution in [3.05, 3.63) is 28.8 Å². The maximum atomic E-state index is 9.21. The van der Waals surface area contributed by atoms with Gasteiger partial charge in [-0.1, -0.05) is 24.4 Å². The quantitative estimate of drug-likeness (QED) is 0.736. The minimum Gasteiger partial charge on any atom is -0.489 e. The van der Waals surface area contributed by atoms with E-state index in [4.69, 9.17) is 16.3 Å². The monoisotopic (exact) mass is 263 g/mol. The molecule has 0 amide bonds. The number of hydrogen-bond acceptors (Lipinski definition) is 2. The molecule has 96 valence electrons. The zero-order chi connectivity index (χ0) is 13.0. The Morgan fingerprint density at radius 3 is 2.78 bits per heavy atom. The van der Waals surface area contributed by atoms with Gasteiger partial charge in [-0.15, -0.1) is 0 Å². The fourth-order valence-corrected chi connectivity index (χ4v) is 2.55. The molecule has 0 aliphatic heterocycles. The summed E-state index contributed by atoms with van der Waals surface area (Å²) in [4.78, 5) is 0. The highest BCUT2D eigenvalue weighted by molar-refractivity contribution is 6.31. The summed E-state index contributed by atoms with van der Waals surface area (Å²) in [5, 5.41) is 9.96. The average molecular weight is 264 g/mol. The topological polar surface area (TPSA) is 33.0 Å². The van der Waals surface area contributed by atoms with Crippen LogP contribution in [0.25, 0.3) is 0 Å². The molecule has 0 spiro atoms. The van der Waals surface area contributed by atoms with Crippen LogP contribution >= 0.6 is 11.6 Å². The summed E-state index contributed by atoms with van der Waals surface area (Å²) in [6.07, 6.45) is 5.44. The molecule has 0 saturated heterocycles. The van der Waals surface area contributed by atoms with E-state index in [1.807, 2.05) is 25.1 Å². The molecule has 0 aromatic heterocycles. The van der Waals surface area contributed by atoms with Gasteiger partial charge in [0.2, 0.25) is 0 Å². The van der Waals surface area contributed by atoms with Crippen molar-refractivity contribution in [1.82, 2.24) is 0 Å². The lowest BCUT2D eigenvalue weighted by atomic mass is 9.99. The molecule has 0 bridgehead atoms. The molecule has 2 nitrogen and oxygen atoms in total. The Bertz CT molecular complexity index is 452. The van der Waals surface area contributed by atoms with Crippen LogP contribution in [0.2, 0.25) is 5.02 Å². The highest BCUT2D eigenvalue weighted by atomic mass is 35.5. The van der Waals surface area contributed by atoms with Gasteiger partial charge in [-0.25, -0.2) is 0 Å². The minimum atomic E-state index is 0.0171. The Balaban J connectivity index is 2.10. The molecule has 1 aliphatic carbocycles. The summed E-state index contributed by atoms with van der Waals surface area (Å²) in [6, 6.07) is 8.07. The van der Waals surface area contributed by atoms with Gasteiger partial charge in [0.1, 0.15) is 11.9 Å². The molecular formula is C15H18ClNO. The van der Waals surface area contributed by atoms with Gasteiger partial charge in [-0.2, -0.15) is 5.26 Å². The van der Waals surface area contributed by atoms with Crippen molar-refractivity contribution < 1.29 is 4.74 Å². The van der Waals surface area contributed by atoms with Crippen LogP contribution in [0.5, 0.6) is 5.75 Å². The normalized spacial score (nSPS) is 24.1. The Kier molecular flexibility index (Phi) is 4.49. The van der Waals surface area contributed by atoms with Crippen molar-refractivity contribution in [2.75, 3.05) is 0 Å². The van der Waals surface area contributed by atoms with Gasteiger partial charge < -0.3 is 4.74 Å². The van der Waals surface area contributed by atoms with Gasteiger partial charge in [0, 0.05) is 5.02 Å². The molecule has 0 N–H and O–H groups in total. The average Bonchev–Trinajstić information content (AvgIpc) is 2.59. The van der Waals surface area contributed by atoms with Crippen molar-refractivity contribution in [2.45, 2.75) is 45.1 Å². The Labute approximate surface area is 114 Å². The maximum absolute atomic E-state index is 9.21. The van der Waals surface area contributed by atoms with Gasteiger partial charge in [0.15, 0.2) is 0 Å². The predicted molar refractivity (Wildman–Crippen MR) is 72.8 cm³/mol. The van der Waals surface area contributed by atoms with Crippen LogP contribution in [0.15, 0.2) is 18.2 Å². The maximum Gasteiger partial charge on any atom is 0.120 e. The number of rotatable bonds is 2. The van der Waals surface area contributed by atoms with Crippen molar-refractivity contribution >= 4 is 11.6 Å². The molecule has 2 rings (SSSR count). The van der Waals surface area contributed by atoms with E-state index in [1.54, 1.807) is 0 Å². The van der Waals surface area contributed by atoms with Crippen molar-refractivity contribution in [1.29, 1.82) is 5.26 Å². The van der Waals surface area contributed by atoms with Crippen molar-refractivity contribution in [2.24, 2.45) is 5.92 Å². The molecule has 1 aliphatic rings. The largest absolute Gasteiger partial charge is 0.489 e. The highest BCUT2D eigenvalue weighted by Gasteiger charge is 2.25. The third-order valence-corrected chi connectivity index (χ3v) is 3.96. The van der Waals surface area contributed by atoms with E-state index in [-0.39, 0.29) is 12.0 Å². The number of ether oxygens (including phenoxy) is 1. The van der Waals surface area contributed by atoms with Crippen molar-refractivity contribution in [3.63, 3.8) is 0 Å². The zero-order valence-electron chi connectivity index (χ0n) is 10.7. The molecule has 1 saturated carbocycles. The number of benzene rings is 1. The highest BCUT2D eigenvalue weighted by Crippen LogP contribution is 2.28. The molecule has 0 heterocycles. The molecule has 2 atom stereocenters. The van der Waals surface area contributed by atoms with Crippen LogP contribution in [-0.2, 0) is 0 Å². The molecule has 1 aromatic rings. The van der Waals surface area contributed by atoms with E-state index in [0.717, 1.165) is 42.0 Å². The smallest absolute Gasteiger partial charge is 0.120 e. The molecule has 1 fully saturated rings. The van der Waals surface area contributed by atoms with Crippen LogP contribution in [-0.4, -0.2) is 6.10 Å². The Morgan fingerprint density at radius 1 is 1.28 bits per heavy atom. The second-order valence-electron chi connectivity index (χ2n) is 4.94. The summed E-state index contributed by atoms with van der Waals surface area (Å²) in [6.45, 7) is 1.96. The number of hydrogen-bond donors (Lipinski definition) is 0. The molecule has 1 aromatic carbocycles. The van der Waals surface area contributed by atoms with Crippen molar-refractivity contribution in [3.8, 4) is 11.8 Å². The van der Waals surface area contributed by atoms with E-state index in [1.165, 1.54) is 6.42 Å². The molecule has 2 unspecified atom stereocenters. The SMILES string of the molecule is Cc1cc(OC2CCCCCC2C#N)ccc1Cl. The molecule has 3 heteroatoms. The second kappa shape index (κ2) is 6.11. The van der Waals surface area contributed by atoms with Crippen LogP contribution in [0.3, 0.4) is 0 Å². The van der Waals surface area contributed by atoms with E-state index in [9.17, 15) is 5.26 Å². The first-order valence-electron chi connectivity index (χ1n) is 6.53. The fourth-order valence-electron chi connectivity index (χ4n) is 2.43. The number of nitriles is 1.